The predicted octanol–water partition coefficient (Wildman–Crippen LogP) is 6.63. The first kappa shape index (κ1) is 20.7. The topological polar surface area (TPSA) is 59.1 Å². The molecule has 3 aromatic rings. The molecular formula is C17H9Br3ClFN2O2S. The van der Waals surface area contributed by atoms with E-state index in [-0.39, 0.29) is 15.7 Å². The largest absolute Gasteiger partial charge is 0.265 e. The Kier molecular flexibility index (Phi) is 6.27. The van der Waals surface area contributed by atoms with Crippen LogP contribution in [0.25, 0.3) is 11.3 Å². The first-order valence-electron chi connectivity index (χ1n) is 7.27. The second kappa shape index (κ2) is 8.16. The summed E-state index contributed by atoms with van der Waals surface area (Å²) in [5, 5.41) is 0.181. The molecule has 1 heterocycles. The van der Waals surface area contributed by atoms with Crippen LogP contribution in [0, 0.1) is 5.82 Å². The van der Waals surface area contributed by atoms with E-state index in [1.807, 2.05) is 0 Å². The second-order valence-corrected chi connectivity index (χ2v) is 9.99. The summed E-state index contributed by atoms with van der Waals surface area (Å²) in [6.45, 7) is 0. The Morgan fingerprint density at radius 2 is 1.67 bits per heavy atom. The second-order valence-electron chi connectivity index (χ2n) is 5.34. The Morgan fingerprint density at radius 1 is 1.00 bits per heavy atom. The molecule has 27 heavy (non-hydrogen) atoms. The molecule has 0 radical (unpaired) electrons. The van der Waals surface area contributed by atoms with Gasteiger partial charge in [-0.2, -0.15) is 0 Å². The molecular weight excluding hydrogens is 590 g/mol. The number of aromatic nitrogens is 1. The number of pyridine rings is 1. The summed E-state index contributed by atoms with van der Waals surface area (Å²) in [7, 11) is -3.93. The first-order valence-corrected chi connectivity index (χ1v) is 11.5. The van der Waals surface area contributed by atoms with E-state index < -0.39 is 15.8 Å². The highest BCUT2D eigenvalue weighted by atomic mass is 79.9. The highest BCUT2D eigenvalue weighted by molar-refractivity contribution is 9.11. The van der Waals surface area contributed by atoms with E-state index >= 15 is 0 Å². The van der Waals surface area contributed by atoms with Crippen LogP contribution in [-0.4, -0.2) is 13.4 Å². The van der Waals surface area contributed by atoms with E-state index in [1.54, 1.807) is 24.3 Å². The number of sulfonamides is 1. The molecule has 0 amide bonds. The van der Waals surface area contributed by atoms with Crippen molar-refractivity contribution in [2.45, 2.75) is 4.90 Å². The molecule has 0 atom stereocenters. The predicted molar refractivity (Wildman–Crippen MR) is 115 cm³/mol. The molecule has 3 rings (SSSR count). The third-order valence-corrected chi connectivity index (χ3v) is 7.43. The van der Waals surface area contributed by atoms with Gasteiger partial charge in [0.2, 0.25) is 0 Å². The van der Waals surface area contributed by atoms with E-state index in [9.17, 15) is 12.8 Å². The fourth-order valence-corrected chi connectivity index (χ4v) is 7.24. The minimum Gasteiger partial charge on any atom is -0.263 e. The van der Waals surface area contributed by atoms with Crippen LogP contribution >= 0.6 is 59.4 Å². The highest BCUT2D eigenvalue weighted by Crippen LogP contribution is 2.34. The molecule has 0 spiro atoms. The van der Waals surface area contributed by atoms with Crippen LogP contribution in [0.2, 0.25) is 5.02 Å². The average molecular weight is 600 g/mol. The molecule has 140 valence electrons. The lowest BCUT2D eigenvalue weighted by Gasteiger charge is -2.12. The third kappa shape index (κ3) is 4.71. The number of nitrogens with zero attached hydrogens (tertiary/aromatic N) is 1. The number of halogens is 5. The fourth-order valence-electron chi connectivity index (χ4n) is 2.31. The van der Waals surface area contributed by atoms with Crippen molar-refractivity contribution in [3.05, 3.63) is 72.8 Å². The minimum atomic E-state index is -3.93. The number of rotatable bonds is 4. The van der Waals surface area contributed by atoms with E-state index in [0.29, 0.717) is 24.7 Å². The van der Waals surface area contributed by atoms with E-state index in [1.165, 1.54) is 24.3 Å². The molecule has 0 aliphatic rings. The Morgan fingerprint density at radius 3 is 2.30 bits per heavy atom. The van der Waals surface area contributed by atoms with Crippen LogP contribution in [0.1, 0.15) is 0 Å². The summed E-state index contributed by atoms with van der Waals surface area (Å²) in [5.41, 5.74) is 0.902. The minimum absolute atomic E-state index is 0.0396. The molecule has 2 aromatic carbocycles. The summed E-state index contributed by atoms with van der Waals surface area (Å²) in [5.74, 6) is -0.361. The van der Waals surface area contributed by atoms with Gasteiger partial charge in [0, 0.05) is 19.0 Å². The molecule has 0 unspecified atom stereocenters. The quantitative estimate of drug-likeness (QED) is 0.367. The van der Waals surface area contributed by atoms with Crippen LogP contribution in [0.3, 0.4) is 0 Å². The maximum atomic E-state index is 13.2. The van der Waals surface area contributed by atoms with Crippen molar-refractivity contribution in [1.82, 2.24) is 4.98 Å². The van der Waals surface area contributed by atoms with E-state index in [0.717, 1.165) is 0 Å². The molecule has 10 heteroatoms. The normalized spacial score (nSPS) is 11.4. The van der Waals surface area contributed by atoms with Crippen molar-refractivity contribution in [3.8, 4) is 11.3 Å². The third-order valence-electron chi connectivity index (χ3n) is 3.43. The Labute approximate surface area is 185 Å². The van der Waals surface area contributed by atoms with Crippen LogP contribution in [0.15, 0.2) is 66.8 Å². The zero-order chi connectivity index (χ0) is 19.8. The lowest BCUT2D eigenvalue weighted by molar-refractivity contribution is 0.600. The van der Waals surface area contributed by atoms with Gasteiger partial charge in [-0.1, -0.05) is 33.6 Å². The van der Waals surface area contributed by atoms with Crippen LogP contribution in [0.5, 0.6) is 0 Å². The lowest BCUT2D eigenvalue weighted by Crippen LogP contribution is -2.15. The van der Waals surface area contributed by atoms with E-state index in [2.05, 4.69) is 57.5 Å². The summed E-state index contributed by atoms with van der Waals surface area (Å²) in [6, 6.07) is 12.0. The molecule has 0 aliphatic heterocycles. The maximum absolute atomic E-state index is 13.2. The van der Waals surface area contributed by atoms with Gasteiger partial charge >= 0.3 is 0 Å². The van der Waals surface area contributed by atoms with Crippen molar-refractivity contribution in [2.75, 3.05) is 4.72 Å². The summed E-state index contributed by atoms with van der Waals surface area (Å²) in [4.78, 5) is 4.32. The van der Waals surface area contributed by atoms with Crippen molar-refractivity contribution in [2.24, 2.45) is 0 Å². The van der Waals surface area contributed by atoms with Crippen molar-refractivity contribution in [3.63, 3.8) is 0 Å². The molecule has 0 bridgehead atoms. The van der Waals surface area contributed by atoms with Gasteiger partial charge in [0.1, 0.15) is 16.5 Å². The van der Waals surface area contributed by atoms with E-state index in [4.69, 9.17) is 11.6 Å². The van der Waals surface area contributed by atoms with Gasteiger partial charge in [-0.05, 0) is 74.3 Å². The summed E-state index contributed by atoms with van der Waals surface area (Å²) < 4.78 is 42.8. The van der Waals surface area contributed by atoms with Gasteiger partial charge < -0.3 is 0 Å². The Hall–Kier alpha value is -1.000. The van der Waals surface area contributed by atoms with Gasteiger partial charge in [0.05, 0.1) is 10.7 Å². The van der Waals surface area contributed by atoms with Crippen molar-refractivity contribution in [1.29, 1.82) is 0 Å². The number of hydrogen-bond donors (Lipinski definition) is 1. The number of nitrogens with one attached hydrogen (secondary N) is 1. The monoisotopic (exact) mass is 596 g/mol. The first-order chi connectivity index (χ1) is 12.7. The van der Waals surface area contributed by atoms with Gasteiger partial charge in [-0.15, -0.1) is 0 Å². The highest BCUT2D eigenvalue weighted by Gasteiger charge is 2.22. The molecule has 4 nitrogen and oxygen atoms in total. The van der Waals surface area contributed by atoms with Crippen molar-refractivity contribution < 1.29 is 12.8 Å². The summed E-state index contributed by atoms with van der Waals surface area (Å²) in [6.07, 6.45) is 0. The number of anilines is 1. The molecule has 1 N–H and O–H groups in total. The lowest BCUT2D eigenvalue weighted by atomic mass is 10.1. The van der Waals surface area contributed by atoms with Crippen molar-refractivity contribution >= 4 is 75.2 Å². The maximum Gasteiger partial charge on any atom is 0.265 e. The zero-order valence-electron chi connectivity index (χ0n) is 13.2. The Balaban J connectivity index is 1.99. The number of hydrogen-bond acceptors (Lipinski definition) is 3. The average Bonchev–Trinajstić information content (AvgIpc) is 2.53. The van der Waals surface area contributed by atoms with Gasteiger partial charge in [-0.3, -0.25) is 4.72 Å². The van der Waals surface area contributed by atoms with Crippen LogP contribution < -0.4 is 4.72 Å². The zero-order valence-corrected chi connectivity index (χ0v) is 19.5. The van der Waals surface area contributed by atoms with Gasteiger partial charge in [0.15, 0.2) is 0 Å². The molecule has 1 aromatic heterocycles. The molecule has 0 saturated carbocycles. The SMILES string of the molecule is O=S(=O)(Nc1cccc(-c2ccc(F)cc2Cl)n1)c1c(Br)cc(Br)cc1Br. The number of benzene rings is 2. The molecule has 0 saturated heterocycles. The standard InChI is InChI=1S/C17H9Br3ClFN2O2S/c18-9-6-12(19)17(13(20)7-9)27(25,26)24-16-3-1-2-15(23-16)11-5-4-10(22)8-14(11)21/h1-8H,(H,23,24). The van der Waals surface area contributed by atoms with Crippen LogP contribution in [-0.2, 0) is 10.0 Å². The van der Waals surface area contributed by atoms with Gasteiger partial charge in [-0.25, -0.2) is 17.8 Å². The smallest absolute Gasteiger partial charge is 0.263 e. The molecule has 0 aliphatic carbocycles. The Bertz CT molecular complexity index is 1120. The van der Waals surface area contributed by atoms with Gasteiger partial charge in [0.25, 0.3) is 10.0 Å². The molecule has 0 fully saturated rings. The van der Waals surface area contributed by atoms with Crippen LogP contribution in [0.4, 0.5) is 10.2 Å². The summed E-state index contributed by atoms with van der Waals surface area (Å²) >= 11 is 15.9. The fraction of sp³-hybridized carbons (Fsp3) is 0.